The predicted molar refractivity (Wildman–Crippen MR) is 161 cm³/mol. The molecule has 198 valence electrons. The summed E-state index contributed by atoms with van der Waals surface area (Å²) < 4.78 is 0. The summed E-state index contributed by atoms with van der Waals surface area (Å²) in [6.07, 6.45) is 11.7. The van der Waals surface area contributed by atoms with Crippen molar-refractivity contribution in [3.63, 3.8) is 0 Å². The topological polar surface area (TPSA) is 24.1 Å². The largest absolute Gasteiger partial charge is 0.389 e. The van der Waals surface area contributed by atoms with Gasteiger partial charge in [-0.25, -0.2) is 0 Å². The summed E-state index contributed by atoms with van der Waals surface area (Å²) in [5.74, 6) is 0.840. The van der Waals surface area contributed by atoms with Gasteiger partial charge in [-0.1, -0.05) is 111 Å². The van der Waals surface area contributed by atoms with Gasteiger partial charge in [-0.3, -0.25) is 0 Å². The maximum absolute atomic E-state index is 3.88. The minimum absolute atomic E-state index is 0.654. The van der Waals surface area contributed by atoms with Gasteiger partial charge in [0.2, 0.25) is 0 Å². The van der Waals surface area contributed by atoms with Crippen molar-refractivity contribution < 1.29 is 0 Å². The van der Waals surface area contributed by atoms with Crippen molar-refractivity contribution >= 4 is 6.08 Å². The highest BCUT2D eigenvalue weighted by atomic mass is 14.9. The lowest BCUT2D eigenvalue weighted by atomic mass is 9.99. The Balaban J connectivity index is -0.000000420. The lowest BCUT2D eigenvalue weighted by molar-refractivity contribution is 0.521. The maximum atomic E-state index is 3.88. The third-order valence-electron chi connectivity index (χ3n) is 4.89. The summed E-state index contributed by atoms with van der Waals surface area (Å²) in [5.41, 5.74) is 6.10. The Morgan fingerprint density at radius 1 is 0.971 bits per heavy atom. The van der Waals surface area contributed by atoms with Crippen molar-refractivity contribution in [2.45, 2.75) is 114 Å². The molecule has 34 heavy (non-hydrogen) atoms. The third-order valence-corrected chi connectivity index (χ3v) is 4.89. The van der Waals surface area contributed by atoms with E-state index in [0.29, 0.717) is 6.04 Å². The Hall–Kier alpha value is -1.80. The minimum Gasteiger partial charge on any atom is -0.389 e. The van der Waals surface area contributed by atoms with Crippen LogP contribution in [0.25, 0.3) is 6.08 Å². The molecule has 0 aliphatic heterocycles. The van der Waals surface area contributed by atoms with Gasteiger partial charge in [0.25, 0.3) is 0 Å². The second-order valence-corrected chi connectivity index (χ2v) is 9.68. The van der Waals surface area contributed by atoms with Crippen LogP contribution >= 0.6 is 0 Å². The first-order valence-corrected chi connectivity index (χ1v) is 13.5. The summed E-state index contributed by atoms with van der Waals surface area (Å²) in [7, 11) is 1.87. The molecule has 1 aromatic carbocycles. The number of unbranched alkanes of at least 4 members (excludes halogenated alkanes) is 1. The molecule has 0 aliphatic carbocycles. The van der Waals surface area contributed by atoms with E-state index >= 15 is 0 Å². The number of hydrogen-bond donors (Lipinski definition) is 2. The fourth-order valence-electron chi connectivity index (χ4n) is 2.91. The van der Waals surface area contributed by atoms with Crippen LogP contribution in [0.5, 0.6) is 0 Å². The van der Waals surface area contributed by atoms with Gasteiger partial charge in [-0.15, -0.1) is 6.58 Å². The van der Waals surface area contributed by atoms with Crippen molar-refractivity contribution in [1.29, 1.82) is 0 Å². The lowest BCUT2D eigenvalue weighted by Crippen LogP contribution is -2.23. The van der Waals surface area contributed by atoms with Crippen LogP contribution in [0.2, 0.25) is 0 Å². The molecule has 0 aromatic heterocycles. The van der Waals surface area contributed by atoms with Gasteiger partial charge in [0, 0.05) is 18.8 Å². The van der Waals surface area contributed by atoms with Gasteiger partial charge in [-0.2, -0.15) is 0 Å². The normalized spacial score (nSPS) is 10.8. The quantitative estimate of drug-likeness (QED) is 0.190. The van der Waals surface area contributed by atoms with Gasteiger partial charge < -0.3 is 10.6 Å². The van der Waals surface area contributed by atoms with E-state index < -0.39 is 0 Å². The Morgan fingerprint density at radius 2 is 1.56 bits per heavy atom. The smallest absolute Gasteiger partial charge is 0.0264 e. The Bertz CT molecular complexity index is 640. The molecule has 2 heteroatoms. The molecule has 1 rings (SSSR count). The Morgan fingerprint density at radius 3 is 1.97 bits per heavy atom. The highest BCUT2D eigenvalue weighted by Gasteiger charge is 1.98. The van der Waals surface area contributed by atoms with Crippen LogP contribution < -0.4 is 10.6 Å². The standard InChI is InChI=1S/C13H17N.C9H18.C7H17N.C3H8/c1-10-5-7-13(9-11(10)2)8-6-12(3)14-4;1-5-6-9(4)7-8(2)3;1-4-5-6-8-7(2)3;1-3-2/h5-9,14H,3H2,1-2,4H3;9H,2,5-7H2,1,3-4H3;7-8H,4-6H2,1-3H3;3H2,1-2H3/b8-6+;;;. The SMILES string of the molecule is C=C(/C=C/c1ccc(C)c(C)c1)NC.C=C(C)CC(C)CCC.CCC.CCCCNC(C)C. The Kier molecular flexibility index (Phi) is 27.9. The predicted octanol–water partition coefficient (Wildman–Crippen LogP) is 9.64. The number of hydrogen-bond acceptors (Lipinski definition) is 2. The molecule has 0 spiro atoms. The summed E-state index contributed by atoms with van der Waals surface area (Å²) in [6, 6.07) is 7.08. The molecule has 0 radical (unpaired) electrons. The molecule has 0 saturated heterocycles. The fourth-order valence-corrected chi connectivity index (χ4v) is 2.91. The molecule has 0 aliphatic rings. The van der Waals surface area contributed by atoms with Crippen molar-refractivity contribution in [3.05, 3.63) is 65.4 Å². The van der Waals surface area contributed by atoms with Crippen LogP contribution in [0.4, 0.5) is 0 Å². The Labute approximate surface area is 215 Å². The monoisotopic (exact) mass is 472 g/mol. The molecule has 0 bridgehead atoms. The molecule has 1 aromatic rings. The van der Waals surface area contributed by atoms with E-state index in [1.165, 1.54) is 67.3 Å². The molecule has 0 amide bonds. The van der Waals surface area contributed by atoms with Crippen molar-refractivity contribution in [2.24, 2.45) is 5.92 Å². The van der Waals surface area contributed by atoms with E-state index in [4.69, 9.17) is 0 Å². The average Bonchev–Trinajstić information content (AvgIpc) is 2.75. The van der Waals surface area contributed by atoms with Crippen LogP contribution in [-0.4, -0.2) is 19.6 Å². The first-order valence-electron chi connectivity index (χ1n) is 13.5. The molecule has 2 N–H and O–H groups in total. The summed E-state index contributed by atoms with van der Waals surface area (Å²) >= 11 is 0. The number of aryl methyl sites for hydroxylation is 2. The highest BCUT2D eigenvalue weighted by molar-refractivity contribution is 5.54. The van der Waals surface area contributed by atoms with Crippen LogP contribution in [0.15, 0.2) is 48.7 Å². The summed E-state index contributed by atoms with van der Waals surface area (Å²) in [5, 5.41) is 6.33. The van der Waals surface area contributed by atoms with E-state index in [1.54, 1.807) is 0 Å². The van der Waals surface area contributed by atoms with Gasteiger partial charge in [-0.05, 0) is 68.8 Å². The molecule has 0 fully saturated rings. The number of nitrogens with one attached hydrogen (secondary N) is 2. The van der Waals surface area contributed by atoms with Gasteiger partial charge in [0.1, 0.15) is 0 Å². The second kappa shape index (κ2) is 25.8. The van der Waals surface area contributed by atoms with Gasteiger partial charge in [0.15, 0.2) is 0 Å². The number of benzene rings is 1. The molecule has 2 nitrogen and oxygen atoms in total. The molecule has 0 saturated carbocycles. The first kappa shape index (κ1) is 36.8. The van der Waals surface area contributed by atoms with E-state index in [0.717, 1.165) is 11.6 Å². The van der Waals surface area contributed by atoms with Crippen molar-refractivity contribution in [2.75, 3.05) is 13.6 Å². The maximum Gasteiger partial charge on any atom is 0.0264 e. The molecule has 1 atom stereocenters. The van der Waals surface area contributed by atoms with E-state index in [1.807, 2.05) is 13.1 Å². The van der Waals surface area contributed by atoms with E-state index in [9.17, 15) is 0 Å². The molecular formula is C32H60N2. The van der Waals surface area contributed by atoms with Crippen LogP contribution in [0.3, 0.4) is 0 Å². The van der Waals surface area contributed by atoms with Crippen molar-refractivity contribution in [3.8, 4) is 0 Å². The van der Waals surface area contributed by atoms with Gasteiger partial charge >= 0.3 is 0 Å². The molecular weight excluding hydrogens is 412 g/mol. The van der Waals surface area contributed by atoms with Crippen LogP contribution in [0.1, 0.15) is 111 Å². The number of allylic oxidation sites excluding steroid dienone is 2. The lowest BCUT2D eigenvalue weighted by Gasteiger charge is -2.07. The summed E-state index contributed by atoms with van der Waals surface area (Å²) in [4.78, 5) is 0. The van der Waals surface area contributed by atoms with E-state index in [-0.39, 0.29) is 0 Å². The summed E-state index contributed by atoms with van der Waals surface area (Å²) in [6.45, 7) is 30.6. The highest BCUT2D eigenvalue weighted by Crippen LogP contribution is 2.14. The van der Waals surface area contributed by atoms with Crippen molar-refractivity contribution in [1.82, 2.24) is 10.6 Å². The number of likely N-dealkylation sites (N-methyl/N-ethyl adjacent to an activating group) is 1. The fraction of sp³-hybridized carbons (Fsp3) is 0.625. The molecule has 0 heterocycles. The van der Waals surface area contributed by atoms with E-state index in [2.05, 4.69) is 117 Å². The first-order chi connectivity index (χ1) is 16.0. The zero-order valence-electron chi connectivity index (χ0n) is 24.9. The van der Waals surface area contributed by atoms with Gasteiger partial charge in [0.05, 0.1) is 0 Å². The molecule has 1 unspecified atom stereocenters. The van der Waals surface area contributed by atoms with Crippen LogP contribution in [-0.2, 0) is 0 Å². The zero-order chi connectivity index (χ0) is 26.9. The third kappa shape index (κ3) is 28.2. The average molecular weight is 473 g/mol. The van der Waals surface area contributed by atoms with Crippen LogP contribution in [0, 0.1) is 19.8 Å². The number of rotatable bonds is 11. The minimum atomic E-state index is 0.654. The zero-order valence-corrected chi connectivity index (χ0v) is 24.9. The second-order valence-electron chi connectivity index (χ2n) is 9.68.